The van der Waals surface area contributed by atoms with Crippen LogP contribution in [0.3, 0.4) is 0 Å². The van der Waals surface area contributed by atoms with E-state index in [4.69, 9.17) is 9.84 Å². The molecule has 0 bridgehead atoms. The first-order valence-electron chi connectivity index (χ1n) is 5.51. The number of rotatable bonds is 8. The van der Waals surface area contributed by atoms with Gasteiger partial charge in [0, 0.05) is 20.1 Å². The third-order valence-corrected chi connectivity index (χ3v) is 2.93. The minimum absolute atomic E-state index is 0.0268. The molecule has 0 aliphatic heterocycles. The fourth-order valence-corrected chi connectivity index (χ4v) is 1.54. The van der Waals surface area contributed by atoms with Crippen LogP contribution in [0.2, 0.25) is 0 Å². The lowest BCUT2D eigenvalue weighted by Gasteiger charge is -2.25. The van der Waals surface area contributed by atoms with Crippen LogP contribution in [0.1, 0.15) is 33.1 Å². The molecule has 0 aromatic carbocycles. The molecule has 0 aliphatic rings. The van der Waals surface area contributed by atoms with Crippen molar-refractivity contribution in [3.05, 3.63) is 0 Å². The van der Waals surface area contributed by atoms with Gasteiger partial charge in [0.15, 0.2) is 0 Å². The van der Waals surface area contributed by atoms with Gasteiger partial charge in [-0.05, 0) is 12.8 Å². The molecule has 0 heterocycles. The van der Waals surface area contributed by atoms with E-state index in [0.717, 1.165) is 0 Å². The van der Waals surface area contributed by atoms with E-state index in [2.05, 4.69) is 5.32 Å². The molecule has 0 fully saturated rings. The average Bonchev–Trinajstić information content (AvgIpc) is 2.26. The topological polar surface area (TPSA) is 75.6 Å². The molecular weight excluding hydrogens is 210 g/mol. The summed E-state index contributed by atoms with van der Waals surface area (Å²) in [5, 5.41) is 11.8. The van der Waals surface area contributed by atoms with Crippen LogP contribution in [0.25, 0.3) is 0 Å². The number of aliphatic carboxylic acids is 1. The quantitative estimate of drug-likeness (QED) is 0.612. The van der Waals surface area contributed by atoms with Gasteiger partial charge in [-0.15, -0.1) is 0 Å². The van der Waals surface area contributed by atoms with E-state index < -0.39 is 11.4 Å². The minimum Gasteiger partial charge on any atom is -0.481 e. The van der Waals surface area contributed by atoms with Crippen LogP contribution in [-0.4, -0.2) is 37.2 Å². The molecule has 0 aromatic heterocycles. The zero-order chi connectivity index (χ0) is 12.6. The molecule has 0 saturated carbocycles. The van der Waals surface area contributed by atoms with Crippen molar-refractivity contribution in [2.24, 2.45) is 5.41 Å². The number of methoxy groups -OCH3 is 1. The molecule has 0 saturated heterocycles. The van der Waals surface area contributed by atoms with Gasteiger partial charge in [0.25, 0.3) is 0 Å². The largest absolute Gasteiger partial charge is 0.481 e. The van der Waals surface area contributed by atoms with Crippen molar-refractivity contribution in [2.75, 3.05) is 20.3 Å². The molecule has 16 heavy (non-hydrogen) atoms. The van der Waals surface area contributed by atoms with Crippen molar-refractivity contribution in [3.63, 3.8) is 0 Å². The molecule has 0 spiro atoms. The monoisotopic (exact) mass is 231 g/mol. The van der Waals surface area contributed by atoms with Crippen LogP contribution in [0.5, 0.6) is 0 Å². The summed E-state index contributed by atoms with van der Waals surface area (Å²) in [6, 6.07) is 0. The molecule has 1 amide bonds. The second kappa shape index (κ2) is 7.22. The van der Waals surface area contributed by atoms with E-state index in [1.807, 2.05) is 0 Å². The molecule has 0 aromatic rings. The highest BCUT2D eigenvalue weighted by molar-refractivity contribution is 5.84. The molecule has 94 valence electrons. The molecule has 5 heteroatoms. The van der Waals surface area contributed by atoms with Crippen molar-refractivity contribution in [1.29, 1.82) is 0 Å². The van der Waals surface area contributed by atoms with Crippen LogP contribution < -0.4 is 5.32 Å². The summed E-state index contributed by atoms with van der Waals surface area (Å²) in [6.07, 6.45) is 0.937. The number of amides is 1. The summed E-state index contributed by atoms with van der Waals surface area (Å²) in [6.45, 7) is 4.43. The number of ether oxygens (including phenoxy) is 1. The van der Waals surface area contributed by atoms with Gasteiger partial charge in [0.2, 0.25) is 5.91 Å². The van der Waals surface area contributed by atoms with Crippen molar-refractivity contribution < 1.29 is 19.4 Å². The van der Waals surface area contributed by atoms with E-state index >= 15 is 0 Å². The summed E-state index contributed by atoms with van der Waals surface area (Å²) < 4.78 is 4.79. The SMILES string of the molecule is CCC(CC)(CC(=O)NCCOC)C(=O)O. The Hall–Kier alpha value is -1.10. The van der Waals surface area contributed by atoms with Gasteiger partial charge >= 0.3 is 5.97 Å². The normalized spacial score (nSPS) is 11.2. The fourth-order valence-electron chi connectivity index (χ4n) is 1.54. The van der Waals surface area contributed by atoms with Crippen molar-refractivity contribution in [3.8, 4) is 0 Å². The average molecular weight is 231 g/mol. The maximum absolute atomic E-state index is 11.5. The molecular formula is C11H21NO4. The maximum atomic E-state index is 11.5. The van der Waals surface area contributed by atoms with Crippen molar-refractivity contribution >= 4 is 11.9 Å². The van der Waals surface area contributed by atoms with E-state index in [1.165, 1.54) is 0 Å². The second-order valence-corrected chi connectivity index (χ2v) is 3.81. The van der Waals surface area contributed by atoms with Crippen molar-refractivity contribution in [1.82, 2.24) is 5.32 Å². The molecule has 5 nitrogen and oxygen atoms in total. The molecule has 0 aliphatic carbocycles. The number of nitrogens with one attached hydrogen (secondary N) is 1. The predicted molar refractivity (Wildman–Crippen MR) is 60.2 cm³/mol. The fraction of sp³-hybridized carbons (Fsp3) is 0.818. The summed E-state index contributed by atoms with van der Waals surface area (Å²) in [7, 11) is 1.55. The van der Waals surface area contributed by atoms with Crippen LogP contribution in [0.4, 0.5) is 0 Å². The smallest absolute Gasteiger partial charge is 0.310 e. The van der Waals surface area contributed by atoms with Crippen LogP contribution >= 0.6 is 0 Å². The highest BCUT2D eigenvalue weighted by Gasteiger charge is 2.36. The molecule has 0 unspecified atom stereocenters. The lowest BCUT2D eigenvalue weighted by atomic mass is 9.79. The predicted octanol–water partition coefficient (Wildman–Crippen LogP) is 1.03. The summed E-state index contributed by atoms with van der Waals surface area (Å²) >= 11 is 0. The number of carbonyl (C=O) groups excluding carboxylic acids is 1. The maximum Gasteiger partial charge on any atom is 0.310 e. The summed E-state index contributed by atoms with van der Waals surface area (Å²) in [5.41, 5.74) is -0.933. The summed E-state index contributed by atoms with van der Waals surface area (Å²) in [4.78, 5) is 22.7. The minimum atomic E-state index is -0.933. The van der Waals surface area contributed by atoms with Gasteiger partial charge in [-0.3, -0.25) is 9.59 Å². The Balaban J connectivity index is 4.29. The van der Waals surface area contributed by atoms with Gasteiger partial charge in [0.05, 0.1) is 12.0 Å². The van der Waals surface area contributed by atoms with Crippen LogP contribution in [-0.2, 0) is 14.3 Å². The Morgan fingerprint density at radius 1 is 1.31 bits per heavy atom. The first-order chi connectivity index (χ1) is 7.52. The first kappa shape index (κ1) is 14.9. The van der Waals surface area contributed by atoms with E-state index in [-0.39, 0.29) is 12.3 Å². The Kier molecular flexibility index (Phi) is 6.72. The third-order valence-electron chi connectivity index (χ3n) is 2.93. The van der Waals surface area contributed by atoms with E-state index in [9.17, 15) is 9.59 Å². The van der Waals surface area contributed by atoms with Gasteiger partial charge < -0.3 is 15.2 Å². The third kappa shape index (κ3) is 4.18. The van der Waals surface area contributed by atoms with Crippen molar-refractivity contribution in [2.45, 2.75) is 33.1 Å². The van der Waals surface area contributed by atoms with Gasteiger partial charge in [-0.2, -0.15) is 0 Å². The Bertz CT molecular complexity index is 236. The number of carbonyl (C=O) groups is 2. The zero-order valence-electron chi connectivity index (χ0n) is 10.2. The van der Waals surface area contributed by atoms with Crippen LogP contribution in [0, 0.1) is 5.41 Å². The highest BCUT2D eigenvalue weighted by Crippen LogP contribution is 2.30. The van der Waals surface area contributed by atoms with E-state index in [0.29, 0.717) is 26.0 Å². The highest BCUT2D eigenvalue weighted by atomic mass is 16.5. The number of hydrogen-bond acceptors (Lipinski definition) is 3. The summed E-state index contributed by atoms with van der Waals surface area (Å²) in [5.74, 6) is -1.14. The first-order valence-corrected chi connectivity index (χ1v) is 5.51. The molecule has 0 atom stereocenters. The Morgan fingerprint density at radius 3 is 2.25 bits per heavy atom. The molecule has 0 radical (unpaired) electrons. The Morgan fingerprint density at radius 2 is 1.88 bits per heavy atom. The number of carboxylic acids is 1. The Labute approximate surface area is 96.2 Å². The standard InChI is InChI=1S/C11H21NO4/c1-4-11(5-2,10(14)15)8-9(13)12-6-7-16-3/h4-8H2,1-3H3,(H,12,13)(H,14,15). The zero-order valence-corrected chi connectivity index (χ0v) is 10.2. The molecule has 0 rings (SSSR count). The molecule has 2 N–H and O–H groups in total. The second-order valence-electron chi connectivity index (χ2n) is 3.81. The van der Waals surface area contributed by atoms with Gasteiger partial charge in [0.1, 0.15) is 0 Å². The number of carboxylic acid groups (broad SMARTS) is 1. The van der Waals surface area contributed by atoms with Crippen LogP contribution in [0.15, 0.2) is 0 Å². The van der Waals surface area contributed by atoms with Gasteiger partial charge in [-0.1, -0.05) is 13.8 Å². The lowest BCUT2D eigenvalue weighted by Crippen LogP contribution is -2.37. The van der Waals surface area contributed by atoms with E-state index in [1.54, 1.807) is 21.0 Å². The number of hydrogen-bond donors (Lipinski definition) is 2. The van der Waals surface area contributed by atoms with Gasteiger partial charge in [-0.25, -0.2) is 0 Å². The lowest BCUT2D eigenvalue weighted by molar-refractivity contribution is -0.152.